The van der Waals surface area contributed by atoms with E-state index in [1.54, 1.807) is 12.1 Å². The minimum absolute atomic E-state index is 0.147. The Balaban J connectivity index is 2.79. The molecule has 2 N–H and O–H groups in total. The molecule has 6 nitrogen and oxygen atoms in total. The molecule has 0 aromatic heterocycles. The van der Waals surface area contributed by atoms with Crippen molar-refractivity contribution in [3.8, 4) is 5.75 Å². The molecule has 0 aliphatic rings. The number of methoxy groups -OCH3 is 2. The van der Waals surface area contributed by atoms with E-state index in [9.17, 15) is 9.59 Å². The number of rotatable bonds is 4. The fraction of sp³-hybridized carbons (Fsp3) is 0.273. The van der Waals surface area contributed by atoms with Gasteiger partial charge in [-0.25, -0.2) is 9.59 Å². The monoisotopic (exact) mass is 239 g/mol. The van der Waals surface area contributed by atoms with E-state index >= 15 is 0 Å². The maximum atomic E-state index is 11.6. The first-order chi connectivity index (χ1) is 8.10. The number of esters is 2. The summed E-state index contributed by atoms with van der Waals surface area (Å²) >= 11 is 0. The highest BCUT2D eigenvalue weighted by Gasteiger charge is 2.15. The maximum absolute atomic E-state index is 11.6. The van der Waals surface area contributed by atoms with Gasteiger partial charge in [-0.15, -0.1) is 0 Å². The Labute approximate surface area is 98.3 Å². The number of carbonyl (C=O) groups is 2. The molecule has 0 saturated carbocycles. The number of ether oxygens (including phenoxy) is 3. The average molecular weight is 239 g/mol. The molecule has 1 aromatic carbocycles. The standard InChI is InChI=1S/C11H13NO5/c1-15-8-5-3-4-7(10(8)12)11(14)17-6-9(13)16-2/h3-5H,6,12H2,1-2H3. The van der Waals surface area contributed by atoms with Gasteiger partial charge in [0.1, 0.15) is 5.75 Å². The first-order valence-corrected chi connectivity index (χ1v) is 4.76. The molecule has 0 radical (unpaired) electrons. The number of carbonyl (C=O) groups excluding carboxylic acids is 2. The lowest BCUT2D eigenvalue weighted by Crippen LogP contribution is -2.16. The highest BCUT2D eigenvalue weighted by atomic mass is 16.6. The first-order valence-electron chi connectivity index (χ1n) is 4.76. The smallest absolute Gasteiger partial charge is 0.344 e. The second-order valence-electron chi connectivity index (χ2n) is 3.07. The summed E-state index contributed by atoms with van der Waals surface area (Å²) in [5.41, 5.74) is 6.01. The molecule has 0 aliphatic carbocycles. The van der Waals surface area contributed by atoms with Crippen molar-refractivity contribution in [1.82, 2.24) is 0 Å². The summed E-state index contributed by atoms with van der Waals surface area (Å²) in [6.45, 7) is -0.452. The molecular weight excluding hydrogens is 226 g/mol. The highest BCUT2D eigenvalue weighted by molar-refractivity contribution is 5.97. The third-order valence-electron chi connectivity index (χ3n) is 2.05. The lowest BCUT2D eigenvalue weighted by Gasteiger charge is -2.09. The third-order valence-corrected chi connectivity index (χ3v) is 2.05. The number of anilines is 1. The lowest BCUT2D eigenvalue weighted by molar-refractivity contribution is -0.144. The minimum atomic E-state index is -0.702. The van der Waals surface area contributed by atoms with Gasteiger partial charge in [0.05, 0.1) is 25.5 Å². The molecule has 0 amide bonds. The van der Waals surface area contributed by atoms with E-state index < -0.39 is 18.5 Å². The summed E-state index contributed by atoms with van der Waals surface area (Å²) in [5, 5.41) is 0. The van der Waals surface area contributed by atoms with Crippen molar-refractivity contribution in [2.45, 2.75) is 0 Å². The van der Waals surface area contributed by atoms with Crippen LogP contribution in [0.4, 0.5) is 5.69 Å². The van der Waals surface area contributed by atoms with Gasteiger partial charge >= 0.3 is 11.9 Å². The van der Waals surface area contributed by atoms with Crippen LogP contribution in [0.2, 0.25) is 0 Å². The maximum Gasteiger partial charge on any atom is 0.344 e. The zero-order valence-electron chi connectivity index (χ0n) is 9.56. The van der Waals surface area contributed by atoms with Gasteiger partial charge in [0, 0.05) is 0 Å². The van der Waals surface area contributed by atoms with E-state index in [-0.39, 0.29) is 11.3 Å². The molecule has 6 heteroatoms. The van der Waals surface area contributed by atoms with Gasteiger partial charge in [0.2, 0.25) is 0 Å². The minimum Gasteiger partial charge on any atom is -0.495 e. The Morgan fingerprint density at radius 1 is 1.29 bits per heavy atom. The van der Waals surface area contributed by atoms with Crippen molar-refractivity contribution in [3.05, 3.63) is 23.8 Å². The topological polar surface area (TPSA) is 87.8 Å². The van der Waals surface area contributed by atoms with Gasteiger partial charge in [-0.1, -0.05) is 6.07 Å². The van der Waals surface area contributed by atoms with Crippen LogP contribution in [-0.4, -0.2) is 32.8 Å². The van der Waals surface area contributed by atoms with Gasteiger partial charge in [0.15, 0.2) is 6.61 Å². The van der Waals surface area contributed by atoms with Crippen molar-refractivity contribution in [2.24, 2.45) is 0 Å². The number of hydrogen-bond acceptors (Lipinski definition) is 6. The van der Waals surface area contributed by atoms with E-state index in [2.05, 4.69) is 4.74 Å². The van der Waals surface area contributed by atoms with Crippen LogP contribution in [0.15, 0.2) is 18.2 Å². The molecule has 0 unspecified atom stereocenters. The van der Waals surface area contributed by atoms with Crippen LogP contribution < -0.4 is 10.5 Å². The van der Waals surface area contributed by atoms with Crippen LogP contribution in [0.5, 0.6) is 5.75 Å². The highest BCUT2D eigenvalue weighted by Crippen LogP contribution is 2.25. The quantitative estimate of drug-likeness (QED) is 0.611. The summed E-state index contributed by atoms with van der Waals surface area (Å²) in [6, 6.07) is 4.70. The Morgan fingerprint density at radius 3 is 2.59 bits per heavy atom. The zero-order chi connectivity index (χ0) is 12.8. The van der Waals surface area contributed by atoms with Crippen LogP contribution >= 0.6 is 0 Å². The normalized spacial score (nSPS) is 9.53. The number of para-hydroxylation sites is 1. The Kier molecular flexibility index (Phi) is 4.33. The predicted octanol–water partition coefficient (Wildman–Crippen LogP) is 0.607. The van der Waals surface area contributed by atoms with E-state index in [1.807, 2.05) is 0 Å². The van der Waals surface area contributed by atoms with Crippen molar-refractivity contribution in [2.75, 3.05) is 26.6 Å². The molecule has 1 aromatic rings. The Hall–Kier alpha value is -2.24. The van der Waals surface area contributed by atoms with Crippen LogP contribution in [-0.2, 0) is 14.3 Å². The molecule has 0 heterocycles. The van der Waals surface area contributed by atoms with Gasteiger partial charge in [0.25, 0.3) is 0 Å². The van der Waals surface area contributed by atoms with Gasteiger partial charge in [-0.05, 0) is 12.1 Å². The van der Waals surface area contributed by atoms with Crippen LogP contribution in [0.25, 0.3) is 0 Å². The van der Waals surface area contributed by atoms with E-state index in [4.69, 9.17) is 15.2 Å². The van der Waals surface area contributed by atoms with Crippen LogP contribution in [0, 0.1) is 0 Å². The SMILES string of the molecule is COC(=O)COC(=O)c1cccc(OC)c1N. The van der Waals surface area contributed by atoms with Crippen molar-refractivity contribution >= 4 is 17.6 Å². The fourth-order valence-electron chi connectivity index (χ4n) is 1.16. The summed E-state index contributed by atoms with van der Waals surface area (Å²) in [4.78, 5) is 22.4. The third kappa shape index (κ3) is 3.10. The number of nitrogen functional groups attached to an aromatic ring is 1. The fourth-order valence-corrected chi connectivity index (χ4v) is 1.16. The number of nitrogens with two attached hydrogens (primary N) is 1. The first kappa shape index (κ1) is 12.8. The number of hydrogen-bond donors (Lipinski definition) is 1. The zero-order valence-corrected chi connectivity index (χ0v) is 9.56. The molecule has 0 atom stereocenters. The predicted molar refractivity (Wildman–Crippen MR) is 59.7 cm³/mol. The molecule has 0 saturated heterocycles. The summed E-state index contributed by atoms with van der Waals surface area (Å²) < 4.78 is 14.0. The van der Waals surface area contributed by atoms with E-state index in [1.165, 1.54) is 20.3 Å². The summed E-state index contributed by atoms with van der Waals surface area (Å²) in [6.07, 6.45) is 0. The Bertz CT molecular complexity index is 430. The second kappa shape index (κ2) is 5.74. The van der Waals surface area contributed by atoms with Gasteiger partial charge < -0.3 is 19.9 Å². The van der Waals surface area contributed by atoms with Crippen molar-refractivity contribution in [1.29, 1.82) is 0 Å². The molecule has 0 bridgehead atoms. The molecule has 0 spiro atoms. The average Bonchev–Trinajstić information content (AvgIpc) is 2.35. The molecule has 0 fully saturated rings. The van der Waals surface area contributed by atoms with Crippen molar-refractivity contribution in [3.63, 3.8) is 0 Å². The number of benzene rings is 1. The van der Waals surface area contributed by atoms with Crippen LogP contribution in [0.3, 0.4) is 0 Å². The lowest BCUT2D eigenvalue weighted by atomic mass is 10.1. The van der Waals surface area contributed by atoms with E-state index in [0.717, 1.165) is 0 Å². The van der Waals surface area contributed by atoms with Crippen molar-refractivity contribution < 1.29 is 23.8 Å². The molecule has 92 valence electrons. The molecular formula is C11H13NO5. The van der Waals surface area contributed by atoms with E-state index in [0.29, 0.717) is 5.75 Å². The molecule has 0 aliphatic heterocycles. The molecule has 1 rings (SSSR count). The van der Waals surface area contributed by atoms with Crippen LogP contribution in [0.1, 0.15) is 10.4 Å². The molecule has 17 heavy (non-hydrogen) atoms. The second-order valence-corrected chi connectivity index (χ2v) is 3.07. The Morgan fingerprint density at radius 2 is 2.00 bits per heavy atom. The summed E-state index contributed by atoms with van der Waals surface area (Å²) in [5.74, 6) is -0.968. The summed E-state index contributed by atoms with van der Waals surface area (Å²) in [7, 11) is 2.64. The van der Waals surface area contributed by atoms with Gasteiger partial charge in [-0.2, -0.15) is 0 Å². The largest absolute Gasteiger partial charge is 0.495 e. The van der Waals surface area contributed by atoms with Gasteiger partial charge in [-0.3, -0.25) is 0 Å².